The molecule has 0 spiro atoms. The minimum Gasteiger partial charge on any atom is -0.356 e. The molecule has 2 aliphatic heterocycles. The van der Waals surface area contributed by atoms with E-state index in [0.29, 0.717) is 32.5 Å². The summed E-state index contributed by atoms with van der Waals surface area (Å²) in [5.74, 6) is -0.107. The van der Waals surface area contributed by atoms with Crippen LogP contribution < -0.4 is 10.2 Å². The van der Waals surface area contributed by atoms with Gasteiger partial charge in [0.15, 0.2) is 0 Å². The molecule has 29 heavy (non-hydrogen) atoms. The smallest absolute Gasteiger partial charge is 0.228 e. The molecule has 1 aromatic carbocycles. The van der Waals surface area contributed by atoms with Crippen LogP contribution >= 0.6 is 0 Å². The van der Waals surface area contributed by atoms with E-state index in [2.05, 4.69) is 12.2 Å². The lowest BCUT2D eigenvalue weighted by Gasteiger charge is -2.33. The van der Waals surface area contributed by atoms with Gasteiger partial charge in [-0.2, -0.15) is 0 Å². The molecule has 2 saturated heterocycles. The first-order valence-corrected chi connectivity index (χ1v) is 11.0. The van der Waals surface area contributed by atoms with Crippen LogP contribution in [0.25, 0.3) is 0 Å². The Morgan fingerprint density at radius 3 is 2.45 bits per heavy atom. The summed E-state index contributed by atoms with van der Waals surface area (Å²) in [5.41, 5.74) is 0.849. The second-order valence-corrected chi connectivity index (χ2v) is 8.19. The Balaban J connectivity index is 1.43. The highest BCUT2D eigenvalue weighted by atomic mass is 16.2. The summed E-state index contributed by atoms with van der Waals surface area (Å²) in [7, 11) is 0. The first-order chi connectivity index (χ1) is 14.1. The second-order valence-electron chi connectivity index (χ2n) is 8.19. The van der Waals surface area contributed by atoms with Gasteiger partial charge in [0.2, 0.25) is 17.7 Å². The molecule has 6 heteroatoms. The van der Waals surface area contributed by atoms with Crippen molar-refractivity contribution >= 4 is 23.4 Å². The van der Waals surface area contributed by atoms with Gasteiger partial charge in [0.05, 0.1) is 5.92 Å². The molecule has 2 aliphatic rings. The van der Waals surface area contributed by atoms with Crippen LogP contribution in [0.5, 0.6) is 0 Å². The molecule has 0 bridgehead atoms. The van der Waals surface area contributed by atoms with Crippen LogP contribution in [0.2, 0.25) is 0 Å². The molecule has 1 atom stereocenters. The fourth-order valence-electron chi connectivity index (χ4n) is 4.26. The van der Waals surface area contributed by atoms with Gasteiger partial charge < -0.3 is 15.1 Å². The van der Waals surface area contributed by atoms with Gasteiger partial charge in [-0.25, -0.2) is 0 Å². The normalized spacial score (nSPS) is 20.2. The van der Waals surface area contributed by atoms with Crippen molar-refractivity contribution in [3.63, 3.8) is 0 Å². The number of piperidine rings is 1. The fraction of sp³-hybridized carbons (Fsp3) is 0.609. The van der Waals surface area contributed by atoms with E-state index in [0.717, 1.165) is 25.1 Å². The van der Waals surface area contributed by atoms with Crippen LogP contribution in [0.15, 0.2) is 30.3 Å². The minimum absolute atomic E-state index is 0.00347. The van der Waals surface area contributed by atoms with Gasteiger partial charge in [-0.1, -0.05) is 44.4 Å². The minimum atomic E-state index is -0.286. The summed E-state index contributed by atoms with van der Waals surface area (Å²) >= 11 is 0. The van der Waals surface area contributed by atoms with Crippen LogP contribution in [0, 0.1) is 11.8 Å². The van der Waals surface area contributed by atoms with Crippen LogP contribution in [-0.2, 0) is 14.4 Å². The fourth-order valence-corrected chi connectivity index (χ4v) is 4.26. The number of amides is 3. The molecular weight excluding hydrogens is 366 g/mol. The highest BCUT2D eigenvalue weighted by Gasteiger charge is 2.38. The van der Waals surface area contributed by atoms with Gasteiger partial charge in [-0.3, -0.25) is 14.4 Å². The molecule has 1 aromatic rings. The molecule has 0 radical (unpaired) electrons. The summed E-state index contributed by atoms with van der Waals surface area (Å²) in [6, 6.07) is 9.52. The molecule has 0 aromatic heterocycles. The maximum absolute atomic E-state index is 12.9. The average Bonchev–Trinajstić information content (AvgIpc) is 3.15. The zero-order chi connectivity index (χ0) is 20.6. The molecule has 2 heterocycles. The number of carbonyl (C=O) groups is 3. The number of carbonyl (C=O) groups excluding carboxylic acids is 3. The van der Waals surface area contributed by atoms with E-state index in [1.807, 2.05) is 35.2 Å². The van der Waals surface area contributed by atoms with E-state index in [1.54, 1.807) is 4.90 Å². The summed E-state index contributed by atoms with van der Waals surface area (Å²) in [4.78, 5) is 41.2. The van der Waals surface area contributed by atoms with E-state index in [-0.39, 0.29) is 36.0 Å². The second kappa shape index (κ2) is 10.4. The van der Waals surface area contributed by atoms with Crippen molar-refractivity contribution in [1.82, 2.24) is 10.2 Å². The molecular formula is C23H33N3O3. The van der Waals surface area contributed by atoms with Crippen molar-refractivity contribution in [2.75, 3.05) is 31.1 Å². The predicted molar refractivity (Wildman–Crippen MR) is 113 cm³/mol. The Bertz CT molecular complexity index is 699. The summed E-state index contributed by atoms with van der Waals surface area (Å²) < 4.78 is 0. The van der Waals surface area contributed by atoms with Crippen LogP contribution in [0.1, 0.15) is 51.9 Å². The number of benzene rings is 1. The largest absolute Gasteiger partial charge is 0.356 e. The van der Waals surface area contributed by atoms with Gasteiger partial charge in [0.1, 0.15) is 0 Å². The van der Waals surface area contributed by atoms with Gasteiger partial charge in [-0.15, -0.1) is 0 Å². The van der Waals surface area contributed by atoms with Crippen LogP contribution in [0.3, 0.4) is 0 Å². The Kier molecular flexibility index (Phi) is 7.67. The number of likely N-dealkylation sites (tertiary alicyclic amines) is 1. The zero-order valence-corrected chi connectivity index (χ0v) is 17.4. The number of rotatable bonds is 8. The zero-order valence-electron chi connectivity index (χ0n) is 17.4. The number of unbranched alkanes of at least 4 members (excludes halogenated alkanes) is 3. The standard InChI is InChI=1S/C23H33N3O3/c1-2-3-4-8-13-24-22(28)18-11-14-25(15-12-18)23(29)19-16-21(27)26(17-19)20-9-6-5-7-10-20/h5-7,9-10,18-19H,2-4,8,11-17H2,1H3,(H,24,28). The topological polar surface area (TPSA) is 69.7 Å². The Morgan fingerprint density at radius 1 is 1.03 bits per heavy atom. The summed E-state index contributed by atoms with van der Waals surface area (Å²) in [5, 5.41) is 3.05. The highest BCUT2D eigenvalue weighted by Crippen LogP contribution is 2.27. The summed E-state index contributed by atoms with van der Waals surface area (Å²) in [6.45, 7) is 4.57. The Hall–Kier alpha value is -2.37. The van der Waals surface area contributed by atoms with Gasteiger partial charge in [-0.05, 0) is 31.4 Å². The number of hydrogen-bond acceptors (Lipinski definition) is 3. The van der Waals surface area contributed by atoms with Crippen molar-refractivity contribution in [2.45, 2.75) is 51.9 Å². The lowest BCUT2D eigenvalue weighted by Crippen LogP contribution is -2.45. The van der Waals surface area contributed by atoms with E-state index in [1.165, 1.54) is 12.8 Å². The third kappa shape index (κ3) is 5.58. The third-order valence-corrected chi connectivity index (χ3v) is 6.05. The molecule has 158 valence electrons. The van der Waals surface area contributed by atoms with Crippen molar-refractivity contribution < 1.29 is 14.4 Å². The van der Waals surface area contributed by atoms with E-state index < -0.39 is 0 Å². The van der Waals surface area contributed by atoms with Crippen molar-refractivity contribution in [2.24, 2.45) is 11.8 Å². The Morgan fingerprint density at radius 2 is 1.76 bits per heavy atom. The number of nitrogens with one attached hydrogen (secondary N) is 1. The van der Waals surface area contributed by atoms with Crippen LogP contribution in [-0.4, -0.2) is 48.8 Å². The predicted octanol–water partition coefficient (Wildman–Crippen LogP) is 2.97. The molecule has 2 fully saturated rings. The average molecular weight is 400 g/mol. The lowest BCUT2D eigenvalue weighted by molar-refractivity contribution is -0.139. The van der Waals surface area contributed by atoms with Crippen molar-refractivity contribution in [1.29, 1.82) is 0 Å². The Labute approximate surface area is 173 Å². The summed E-state index contributed by atoms with van der Waals surface area (Å²) in [6.07, 6.45) is 6.27. The van der Waals surface area contributed by atoms with Gasteiger partial charge in [0.25, 0.3) is 0 Å². The molecule has 0 saturated carbocycles. The first kappa shape index (κ1) is 21.3. The molecule has 3 amide bonds. The van der Waals surface area contributed by atoms with Crippen molar-refractivity contribution in [3.8, 4) is 0 Å². The molecule has 6 nitrogen and oxygen atoms in total. The van der Waals surface area contributed by atoms with Crippen LogP contribution in [0.4, 0.5) is 5.69 Å². The quantitative estimate of drug-likeness (QED) is 0.683. The molecule has 1 unspecified atom stereocenters. The van der Waals surface area contributed by atoms with Gasteiger partial charge >= 0.3 is 0 Å². The number of nitrogens with zero attached hydrogens (tertiary/aromatic N) is 2. The SMILES string of the molecule is CCCCCCNC(=O)C1CCN(C(=O)C2CC(=O)N(c3ccccc3)C2)CC1. The molecule has 3 rings (SSSR count). The number of anilines is 1. The third-order valence-electron chi connectivity index (χ3n) is 6.05. The number of hydrogen-bond donors (Lipinski definition) is 1. The maximum atomic E-state index is 12.9. The molecule has 0 aliphatic carbocycles. The van der Waals surface area contributed by atoms with E-state index in [4.69, 9.17) is 0 Å². The van der Waals surface area contributed by atoms with E-state index in [9.17, 15) is 14.4 Å². The van der Waals surface area contributed by atoms with Crippen molar-refractivity contribution in [3.05, 3.63) is 30.3 Å². The van der Waals surface area contributed by atoms with Gasteiger partial charge in [0, 0.05) is 44.2 Å². The molecule has 1 N–H and O–H groups in total. The first-order valence-electron chi connectivity index (χ1n) is 11.0. The number of para-hydroxylation sites is 1. The van der Waals surface area contributed by atoms with E-state index >= 15 is 0 Å². The lowest BCUT2D eigenvalue weighted by atomic mass is 9.94. The monoisotopic (exact) mass is 399 g/mol. The highest BCUT2D eigenvalue weighted by molar-refractivity contribution is 6.00. The maximum Gasteiger partial charge on any atom is 0.228 e.